The molecule has 1 aromatic heterocycles. The normalized spacial score (nSPS) is 17.6. The monoisotopic (exact) mass is 222 g/mol. The number of hydrogen-bond acceptors (Lipinski definition) is 3. The Bertz CT molecular complexity index is 311. The second-order valence-electron chi connectivity index (χ2n) is 4.33. The van der Waals surface area contributed by atoms with Crippen LogP contribution in [0.3, 0.4) is 0 Å². The van der Waals surface area contributed by atoms with Crippen molar-refractivity contribution < 1.29 is 0 Å². The van der Waals surface area contributed by atoms with Gasteiger partial charge in [-0.15, -0.1) is 0 Å². The first-order valence-electron chi connectivity index (χ1n) is 6.35. The summed E-state index contributed by atoms with van der Waals surface area (Å²) in [6, 6.07) is 0.588. The minimum Gasteiger partial charge on any atom is -0.370 e. The Hall–Kier alpha value is -1.03. The molecule has 0 radical (unpaired) electrons. The van der Waals surface area contributed by atoms with Crippen LogP contribution in [0.1, 0.15) is 32.7 Å². The van der Waals surface area contributed by atoms with Gasteiger partial charge in [0.05, 0.1) is 17.9 Å². The highest BCUT2D eigenvalue weighted by atomic mass is 15.3. The predicted molar refractivity (Wildman–Crippen MR) is 66.9 cm³/mol. The van der Waals surface area contributed by atoms with E-state index in [1.807, 2.05) is 6.20 Å². The molecule has 90 valence electrons. The molecule has 2 heterocycles. The van der Waals surface area contributed by atoms with Gasteiger partial charge in [0.15, 0.2) is 0 Å². The van der Waals surface area contributed by atoms with Crippen LogP contribution in [0.4, 0.5) is 5.69 Å². The van der Waals surface area contributed by atoms with E-state index in [0.29, 0.717) is 6.04 Å². The van der Waals surface area contributed by atoms with Crippen LogP contribution in [-0.2, 0) is 0 Å². The van der Waals surface area contributed by atoms with Gasteiger partial charge in [0, 0.05) is 19.3 Å². The lowest BCUT2D eigenvalue weighted by Crippen LogP contribution is -2.29. The molecule has 0 saturated carbocycles. The summed E-state index contributed by atoms with van der Waals surface area (Å²) in [6.07, 6.45) is 6.58. The van der Waals surface area contributed by atoms with Crippen molar-refractivity contribution in [1.29, 1.82) is 0 Å². The number of hydrogen-bond donors (Lipinski definition) is 1. The summed E-state index contributed by atoms with van der Waals surface area (Å²) in [4.78, 5) is 2.34. The van der Waals surface area contributed by atoms with Crippen LogP contribution in [0, 0.1) is 0 Å². The van der Waals surface area contributed by atoms with Crippen LogP contribution in [0.15, 0.2) is 12.4 Å². The van der Waals surface area contributed by atoms with Crippen molar-refractivity contribution in [2.24, 2.45) is 0 Å². The summed E-state index contributed by atoms with van der Waals surface area (Å²) in [5.74, 6) is 0. The molecule has 1 aromatic rings. The highest BCUT2D eigenvalue weighted by Crippen LogP contribution is 2.21. The molecule has 4 nitrogen and oxygen atoms in total. The quantitative estimate of drug-likeness (QED) is 0.841. The van der Waals surface area contributed by atoms with Gasteiger partial charge in [0.1, 0.15) is 0 Å². The highest BCUT2D eigenvalue weighted by molar-refractivity contribution is 5.41. The van der Waals surface area contributed by atoms with Gasteiger partial charge in [-0.05, 0) is 39.8 Å². The van der Waals surface area contributed by atoms with Crippen molar-refractivity contribution in [1.82, 2.24) is 15.1 Å². The van der Waals surface area contributed by atoms with E-state index in [9.17, 15) is 0 Å². The van der Waals surface area contributed by atoms with Gasteiger partial charge in [-0.25, -0.2) is 0 Å². The number of nitrogens with one attached hydrogen (secondary N) is 1. The summed E-state index contributed by atoms with van der Waals surface area (Å²) in [5, 5.41) is 7.89. The number of aromatic nitrogens is 2. The van der Waals surface area contributed by atoms with E-state index in [1.54, 1.807) is 0 Å². The molecule has 2 rings (SSSR count). The predicted octanol–water partition coefficient (Wildman–Crippen LogP) is 1.65. The second kappa shape index (κ2) is 5.34. The second-order valence-corrected chi connectivity index (χ2v) is 4.33. The van der Waals surface area contributed by atoms with Crippen molar-refractivity contribution in [3.05, 3.63) is 12.4 Å². The maximum atomic E-state index is 4.50. The first-order valence-corrected chi connectivity index (χ1v) is 6.35. The molecule has 0 bridgehead atoms. The summed E-state index contributed by atoms with van der Waals surface area (Å²) in [6.45, 7) is 8.70. The molecule has 1 N–H and O–H groups in total. The van der Waals surface area contributed by atoms with E-state index >= 15 is 0 Å². The molecular formula is C12H22N4. The number of nitrogens with zero attached hydrogens (tertiary/aromatic N) is 3. The molecule has 0 spiro atoms. The molecule has 1 aliphatic rings. The third kappa shape index (κ3) is 2.38. The van der Waals surface area contributed by atoms with Crippen molar-refractivity contribution in [3.63, 3.8) is 0 Å². The molecule has 0 amide bonds. The fourth-order valence-electron chi connectivity index (χ4n) is 2.35. The Balaban J connectivity index is 2.05. The molecule has 16 heavy (non-hydrogen) atoms. The topological polar surface area (TPSA) is 33.1 Å². The first-order chi connectivity index (χ1) is 7.85. The lowest BCUT2D eigenvalue weighted by atomic mass is 10.1. The van der Waals surface area contributed by atoms with Crippen LogP contribution in [0.25, 0.3) is 0 Å². The molecule has 1 saturated heterocycles. The lowest BCUT2D eigenvalue weighted by Gasteiger charge is -2.23. The van der Waals surface area contributed by atoms with E-state index in [2.05, 4.69) is 40.0 Å². The molecule has 1 aliphatic heterocycles. The largest absolute Gasteiger partial charge is 0.370 e. The molecule has 4 heteroatoms. The Kier molecular flexibility index (Phi) is 3.83. The fourth-order valence-corrected chi connectivity index (χ4v) is 2.35. The minimum absolute atomic E-state index is 0.588. The van der Waals surface area contributed by atoms with Crippen molar-refractivity contribution in [2.75, 3.05) is 31.1 Å². The van der Waals surface area contributed by atoms with Crippen molar-refractivity contribution >= 4 is 5.69 Å². The Morgan fingerprint density at radius 2 is 2.06 bits per heavy atom. The number of anilines is 1. The smallest absolute Gasteiger partial charge is 0.0752 e. The van der Waals surface area contributed by atoms with Gasteiger partial charge in [-0.2, -0.15) is 5.10 Å². The Labute approximate surface area is 97.6 Å². The Morgan fingerprint density at radius 1 is 1.38 bits per heavy atom. The van der Waals surface area contributed by atoms with Gasteiger partial charge in [0.25, 0.3) is 0 Å². The highest BCUT2D eigenvalue weighted by Gasteiger charge is 2.16. The van der Waals surface area contributed by atoms with Crippen LogP contribution >= 0.6 is 0 Å². The Morgan fingerprint density at radius 3 is 2.69 bits per heavy atom. The van der Waals surface area contributed by atoms with E-state index in [-0.39, 0.29) is 0 Å². The van der Waals surface area contributed by atoms with Gasteiger partial charge in [-0.1, -0.05) is 0 Å². The molecule has 0 aromatic carbocycles. The van der Waals surface area contributed by atoms with E-state index in [0.717, 1.165) is 26.2 Å². The SMILES string of the molecule is CCN(CC)c1cnn(C2CCNCC2)c1. The fraction of sp³-hybridized carbons (Fsp3) is 0.750. The van der Waals surface area contributed by atoms with Crippen LogP contribution in [0.5, 0.6) is 0 Å². The van der Waals surface area contributed by atoms with Crippen molar-refractivity contribution in [2.45, 2.75) is 32.7 Å². The van der Waals surface area contributed by atoms with E-state index in [4.69, 9.17) is 0 Å². The minimum atomic E-state index is 0.588. The zero-order valence-corrected chi connectivity index (χ0v) is 10.3. The molecule has 1 fully saturated rings. The van der Waals surface area contributed by atoms with Gasteiger partial charge < -0.3 is 10.2 Å². The average molecular weight is 222 g/mol. The molecule has 0 aliphatic carbocycles. The zero-order chi connectivity index (χ0) is 11.4. The molecule has 0 atom stereocenters. The number of piperidine rings is 1. The molecule has 0 unspecified atom stereocenters. The average Bonchev–Trinajstić information content (AvgIpc) is 2.81. The third-order valence-corrected chi connectivity index (χ3v) is 3.40. The zero-order valence-electron chi connectivity index (χ0n) is 10.3. The van der Waals surface area contributed by atoms with Crippen LogP contribution in [-0.4, -0.2) is 36.0 Å². The summed E-state index contributed by atoms with van der Waals surface area (Å²) < 4.78 is 2.15. The lowest BCUT2D eigenvalue weighted by molar-refractivity contribution is 0.343. The first kappa shape index (κ1) is 11.5. The third-order valence-electron chi connectivity index (χ3n) is 3.40. The summed E-state index contributed by atoms with van der Waals surface area (Å²) >= 11 is 0. The summed E-state index contributed by atoms with van der Waals surface area (Å²) in [7, 11) is 0. The van der Waals surface area contributed by atoms with Gasteiger partial charge >= 0.3 is 0 Å². The standard InChI is InChI=1S/C12H22N4/c1-3-15(4-2)12-9-14-16(10-12)11-5-7-13-8-6-11/h9-11,13H,3-8H2,1-2H3. The van der Waals surface area contributed by atoms with E-state index in [1.165, 1.54) is 18.5 Å². The van der Waals surface area contributed by atoms with Crippen molar-refractivity contribution in [3.8, 4) is 0 Å². The molecular weight excluding hydrogens is 200 g/mol. The van der Waals surface area contributed by atoms with Crippen LogP contribution in [0.2, 0.25) is 0 Å². The maximum absolute atomic E-state index is 4.50. The number of rotatable bonds is 4. The van der Waals surface area contributed by atoms with E-state index < -0.39 is 0 Å². The van der Waals surface area contributed by atoms with Gasteiger partial charge in [0.2, 0.25) is 0 Å². The summed E-state index contributed by atoms with van der Waals surface area (Å²) in [5.41, 5.74) is 1.25. The van der Waals surface area contributed by atoms with Crippen LogP contribution < -0.4 is 10.2 Å². The van der Waals surface area contributed by atoms with Gasteiger partial charge in [-0.3, -0.25) is 4.68 Å². The maximum Gasteiger partial charge on any atom is 0.0752 e.